The Bertz CT molecular complexity index is 1260. The van der Waals surface area contributed by atoms with Crippen molar-refractivity contribution >= 4 is 30.2 Å². The van der Waals surface area contributed by atoms with E-state index in [1.165, 1.54) is 14.0 Å². The molecule has 0 aromatic heterocycles. The third kappa shape index (κ3) is 9.95. The van der Waals surface area contributed by atoms with Crippen molar-refractivity contribution in [1.29, 1.82) is 0 Å². The summed E-state index contributed by atoms with van der Waals surface area (Å²) in [4.78, 5) is 63.1. The molecule has 1 amide bonds. The van der Waals surface area contributed by atoms with Crippen molar-refractivity contribution in [2.75, 3.05) is 13.7 Å². The van der Waals surface area contributed by atoms with Gasteiger partial charge in [0, 0.05) is 21.0 Å². The molecule has 238 valence electrons. The van der Waals surface area contributed by atoms with Gasteiger partial charge in [-0.1, -0.05) is 60.7 Å². The van der Waals surface area contributed by atoms with Gasteiger partial charge in [0.15, 0.2) is 30.6 Å². The summed E-state index contributed by atoms with van der Waals surface area (Å²) in [6.07, 6.45) is -9.78. The van der Waals surface area contributed by atoms with Gasteiger partial charge in [-0.05, 0) is 18.1 Å². The second kappa shape index (κ2) is 16.8. The fourth-order valence-corrected chi connectivity index (χ4v) is 4.33. The Morgan fingerprint density at radius 3 is 1.86 bits per heavy atom. The Hall–Kier alpha value is -4.69. The molecule has 1 aliphatic rings. The van der Waals surface area contributed by atoms with E-state index in [1.54, 1.807) is 60.7 Å². The number of benzene rings is 2. The van der Waals surface area contributed by atoms with E-state index in [2.05, 4.69) is 5.32 Å². The lowest BCUT2D eigenvalue weighted by Gasteiger charge is -2.32. The molecular formula is C30H35NO13. The van der Waals surface area contributed by atoms with E-state index in [4.69, 9.17) is 37.9 Å². The van der Waals surface area contributed by atoms with Gasteiger partial charge in [0.05, 0.1) is 6.61 Å². The SMILES string of the molecule is CCOC(=O)[C@H](NC(=O)OCc1ccccc1)[C@@H](OC(=O)OCc1ccccc1)[C@H]1O[C@@H](OC)[C@H](OC(C)=O)[C@@H]1OC(C)=O. The highest BCUT2D eigenvalue weighted by atomic mass is 16.8. The van der Waals surface area contributed by atoms with Crippen molar-refractivity contribution in [2.45, 2.75) is 70.7 Å². The Labute approximate surface area is 253 Å². The Kier molecular flexibility index (Phi) is 12.9. The molecule has 1 saturated heterocycles. The van der Waals surface area contributed by atoms with Crippen LogP contribution in [0.2, 0.25) is 0 Å². The van der Waals surface area contributed by atoms with Gasteiger partial charge in [-0.25, -0.2) is 14.4 Å². The molecule has 44 heavy (non-hydrogen) atoms. The van der Waals surface area contributed by atoms with Crippen LogP contribution in [0.5, 0.6) is 0 Å². The van der Waals surface area contributed by atoms with Gasteiger partial charge in [-0.3, -0.25) is 9.59 Å². The number of hydrogen-bond donors (Lipinski definition) is 1. The first-order valence-electron chi connectivity index (χ1n) is 13.7. The summed E-state index contributed by atoms with van der Waals surface area (Å²) in [5, 5.41) is 2.35. The first-order valence-corrected chi connectivity index (χ1v) is 13.7. The lowest BCUT2D eigenvalue weighted by molar-refractivity contribution is -0.185. The molecule has 0 bridgehead atoms. The van der Waals surface area contributed by atoms with Crippen LogP contribution >= 0.6 is 0 Å². The zero-order chi connectivity index (χ0) is 32.1. The van der Waals surface area contributed by atoms with Gasteiger partial charge in [-0.2, -0.15) is 0 Å². The van der Waals surface area contributed by atoms with E-state index in [9.17, 15) is 24.0 Å². The summed E-state index contributed by atoms with van der Waals surface area (Å²) in [5.74, 6) is -2.62. The van der Waals surface area contributed by atoms with Crippen LogP contribution in [0.3, 0.4) is 0 Å². The predicted octanol–water partition coefficient (Wildman–Crippen LogP) is 2.80. The molecule has 1 heterocycles. The first kappa shape index (κ1) is 33.8. The third-order valence-corrected chi connectivity index (χ3v) is 6.15. The fourth-order valence-electron chi connectivity index (χ4n) is 4.33. The quantitative estimate of drug-likeness (QED) is 0.257. The number of alkyl carbamates (subject to hydrolysis) is 1. The van der Waals surface area contributed by atoms with Crippen LogP contribution in [-0.2, 0) is 65.5 Å². The molecule has 0 aliphatic carbocycles. The largest absolute Gasteiger partial charge is 0.509 e. The minimum absolute atomic E-state index is 0.114. The molecule has 6 atom stereocenters. The maximum Gasteiger partial charge on any atom is 0.509 e. The van der Waals surface area contributed by atoms with E-state index in [1.807, 2.05) is 0 Å². The normalized spacial score (nSPS) is 20.4. The topological polar surface area (TPSA) is 171 Å². The van der Waals surface area contributed by atoms with Crippen molar-refractivity contribution < 1.29 is 61.9 Å². The predicted molar refractivity (Wildman–Crippen MR) is 148 cm³/mol. The number of carbonyl (C=O) groups excluding carboxylic acids is 5. The molecule has 0 spiro atoms. The second-order valence-corrected chi connectivity index (χ2v) is 9.40. The number of nitrogens with one attached hydrogen (secondary N) is 1. The van der Waals surface area contributed by atoms with Crippen LogP contribution in [0, 0.1) is 0 Å². The van der Waals surface area contributed by atoms with Gasteiger partial charge in [0.25, 0.3) is 0 Å². The van der Waals surface area contributed by atoms with E-state index in [0.717, 1.165) is 13.8 Å². The number of ether oxygens (including phenoxy) is 8. The smallest absolute Gasteiger partial charge is 0.464 e. The molecule has 0 unspecified atom stereocenters. The van der Waals surface area contributed by atoms with Gasteiger partial charge in [0.1, 0.15) is 19.3 Å². The molecule has 0 saturated carbocycles. The number of esters is 3. The van der Waals surface area contributed by atoms with Gasteiger partial charge < -0.3 is 43.2 Å². The summed E-state index contributed by atoms with van der Waals surface area (Å²) < 4.78 is 43.1. The third-order valence-electron chi connectivity index (χ3n) is 6.15. The van der Waals surface area contributed by atoms with E-state index >= 15 is 0 Å². The molecule has 14 nitrogen and oxygen atoms in total. The number of rotatable bonds is 13. The molecule has 2 aromatic rings. The first-order chi connectivity index (χ1) is 21.1. The van der Waals surface area contributed by atoms with Crippen molar-refractivity contribution in [2.24, 2.45) is 0 Å². The van der Waals surface area contributed by atoms with Crippen molar-refractivity contribution in [3.63, 3.8) is 0 Å². The van der Waals surface area contributed by atoms with Crippen molar-refractivity contribution in [3.05, 3.63) is 71.8 Å². The van der Waals surface area contributed by atoms with Gasteiger partial charge >= 0.3 is 30.2 Å². The summed E-state index contributed by atoms with van der Waals surface area (Å²) in [6.45, 7) is 3.27. The number of hydrogen-bond acceptors (Lipinski definition) is 13. The zero-order valence-electron chi connectivity index (χ0n) is 24.7. The summed E-state index contributed by atoms with van der Waals surface area (Å²) in [6, 6.07) is 15.6. The van der Waals surface area contributed by atoms with Gasteiger partial charge in [-0.15, -0.1) is 0 Å². The van der Waals surface area contributed by atoms with E-state index in [0.29, 0.717) is 11.1 Å². The molecule has 1 aliphatic heterocycles. The van der Waals surface area contributed by atoms with Gasteiger partial charge in [0.2, 0.25) is 0 Å². The molecule has 14 heteroatoms. The molecule has 3 rings (SSSR count). The zero-order valence-corrected chi connectivity index (χ0v) is 24.7. The Morgan fingerprint density at radius 2 is 1.34 bits per heavy atom. The number of methoxy groups -OCH3 is 1. The Balaban J connectivity index is 1.95. The van der Waals surface area contributed by atoms with Crippen molar-refractivity contribution in [3.8, 4) is 0 Å². The molecule has 2 aromatic carbocycles. The highest BCUT2D eigenvalue weighted by Crippen LogP contribution is 2.32. The standard InChI is InChI=1S/C30H35NO13/c1-5-38-27(34)22(31-29(35)39-16-20-12-8-6-9-13-20)23(44-30(36)40-17-21-14-10-7-11-15-21)24-25(41-18(2)32)26(42-19(3)33)28(37-4)43-24/h6-15,22-26,28H,5,16-17H2,1-4H3,(H,31,35)/t22-,23-,24-,25-,26-,28-/m1/s1. The monoisotopic (exact) mass is 617 g/mol. The lowest BCUT2D eigenvalue weighted by Crippen LogP contribution is -2.58. The van der Waals surface area contributed by atoms with Crippen LogP contribution in [0.15, 0.2) is 60.7 Å². The second-order valence-electron chi connectivity index (χ2n) is 9.40. The molecule has 0 radical (unpaired) electrons. The summed E-state index contributed by atoms with van der Waals surface area (Å²) in [5.41, 5.74) is 1.30. The van der Waals surface area contributed by atoms with E-state index < -0.39 is 66.9 Å². The minimum atomic E-state index is -1.78. The average Bonchev–Trinajstić information content (AvgIpc) is 3.33. The van der Waals surface area contributed by atoms with Crippen LogP contribution in [0.1, 0.15) is 31.9 Å². The number of amides is 1. The van der Waals surface area contributed by atoms with Crippen LogP contribution in [0.4, 0.5) is 9.59 Å². The fraction of sp³-hybridized carbons (Fsp3) is 0.433. The highest BCUT2D eigenvalue weighted by molar-refractivity contribution is 5.82. The molecule has 1 fully saturated rings. The summed E-state index contributed by atoms with van der Waals surface area (Å²) in [7, 11) is 1.24. The minimum Gasteiger partial charge on any atom is -0.464 e. The Morgan fingerprint density at radius 1 is 0.795 bits per heavy atom. The van der Waals surface area contributed by atoms with Crippen LogP contribution in [-0.4, -0.2) is 80.6 Å². The maximum atomic E-state index is 13.2. The summed E-state index contributed by atoms with van der Waals surface area (Å²) >= 11 is 0. The highest BCUT2D eigenvalue weighted by Gasteiger charge is 2.57. The average molecular weight is 618 g/mol. The molecule has 1 N–H and O–H groups in total. The van der Waals surface area contributed by atoms with Crippen LogP contribution in [0.25, 0.3) is 0 Å². The van der Waals surface area contributed by atoms with Crippen LogP contribution < -0.4 is 5.32 Å². The van der Waals surface area contributed by atoms with E-state index in [-0.39, 0.29) is 19.8 Å². The molecular weight excluding hydrogens is 582 g/mol. The maximum absolute atomic E-state index is 13.2. The lowest BCUT2D eigenvalue weighted by atomic mass is 9.99. The number of carbonyl (C=O) groups is 5. The van der Waals surface area contributed by atoms with Crippen molar-refractivity contribution in [1.82, 2.24) is 5.32 Å².